The van der Waals surface area contributed by atoms with Gasteiger partial charge >= 0.3 is 0 Å². The molecule has 0 N–H and O–H groups in total. The number of hydrogen-bond acceptors (Lipinski definition) is 0. The van der Waals surface area contributed by atoms with Crippen LogP contribution in [0.4, 0.5) is 0 Å². The van der Waals surface area contributed by atoms with Gasteiger partial charge in [0.05, 0.1) is 0 Å². The van der Waals surface area contributed by atoms with Crippen molar-refractivity contribution in [3.63, 3.8) is 0 Å². The van der Waals surface area contributed by atoms with E-state index in [9.17, 15) is 0 Å². The highest BCUT2D eigenvalue weighted by Crippen LogP contribution is 2.21. The number of benzene rings is 2. The molecule has 0 atom stereocenters. The normalized spacial score (nSPS) is 13.1. The summed E-state index contributed by atoms with van der Waals surface area (Å²) in [5.41, 5.74) is 7.41. The average molecular weight is 302 g/mol. The van der Waals surface area contributed by atoms with Crippen molar-refractivity contribution in [2.75, 3.05) is 0 Å². The highest BCUT2D eigenvalue weighted by molar-refractivity contribution is 6.94. The van der Waals surface area contributed by atoms with E-state index in [2.05, 4.69) is 90.7 Å². The first-order chi connectivity index (χ1) is 11.9. The van der Waals surface area contributed by atoms with Crippen molar-refractivity contribution in [1.82, 2.24) is 0 Å². The molecule has 0 aromatic heterocycles. The van der Waals surface area contributed by atoms with Crippen LogP contribution in [0.2, 0.25) is 0 Å². The van der Waals surface area contributed by atoms with Crippen LogP contribution in [0.15, 0.2) is 102 Å². The van der Waals surface area contributed by atoms with Gasteiger partial charge in [0.15, 0.2) is 6.71 Å². The molecular weight excluding hydrogens is 287 g/mol. The summed E-state index contributed by atoms with van der Waals surface area (Å²) >= 11 is 0. The third-order valence-electron chi connectivity index (χ3n) is 4.98. The average Bonchev–Trinajstić information content (AvgIpc) is 3.36. The summed E-state index contributed by atoms with van der Waals surface area (Å²) < 4.78 is 0. The summed E-state index contributed by atoms with van der Waals surface area (Å²) in [4.78, 5) is 0. The zero-order chi connectivity index (χ0) is 15.9. The van der Waals surface area contributed by atoms with Crippen LogP contribution < -0.4 is 10.9 Å². The predicted molar refractivity (Wildman–Crippen MR) is 105 cm³/mol. The van der Waals surface area contributed by atoms with E-state index < -0.39 is 0 Å². The molecule has 0 heterocycles. The standard InChI is InChI=1S/C23H15B/c1-5-11-20-17(7-1)13-15-22(20)24(19-9-3-4-10-19)23-16-14-18-8-2-6-12-21(18)23/h1-9,11-16H/q-2. The zero-order valence-electron chi connectivity index (χ0n) is 13.2. The summed E-state index contributed by atoms with van der Waals surface area (Å²) in [5.74, 6) is 0. The minimum Gasteiger partial charge on any atom is -0.160 e. The lowest BCUT2D eigenvalue weighted by Gasteiger charge is -2.21. The molecule has 0 radical (unpaired) electrons. The first-order valence-electron chi connectivity index (χ1n) is 8.34. The molecule has 112 valence electrons. The smallest absolute Gasteiger partial charge is 0.152 e. The predicted octanol–water partition coefficient (Wildman–Crippen LogP) is 4.23. The second kappa shape index (κ2) is 5.27. The van der Waals surface area contributed by atoms with Crippen LogP contribution in [-0.4, -0.2) is 6.71 Å². The third kappa shape index (κ3) is 1.96. The Morgan fingerprint density at radius 2 is 1.33 bits per heavy atom. The van der Waals surface area contributed by atoms with E-state index in [-0.39, 0.29) is 6.71 Å². The van der Waals surface area contributed by atoms with Gasteiger partial charge in [-0.3, -0.25) is 0 Å². The van der Waals surface area contributed by atoms with Gasteiger partial charge in [-0.25, -0.2) is 0 Å². The first-order valence-corrected chi connectivity index (χ1v) is 8.34. The molecule has 0 spiro atoms. The summed E-state index contributed by atoms with van der Waals surface area (Å²) in [6, 6.07) is 26.3. The van der Waals surface area contributed by atoms with Crippen LogP contribution in [0.5, 0.6) is 0 Å². The second-order valence-corrected chi connectivity index (χ2v) is 6.31. The van der Waals surface area contributed by atoms with Gasteiger partial charge in [-0.1, -0.05) is 22.9 Å². The lowest BCUT2D eigenvalue weighted by Crippen LogP contribution is -2.42. The Morgan fingerprint density at radius 1 is 0.708 bits per heavy atom. The Morgan fingerprint density at radius 3 is 1.88 bits per heavy atom. The van der Waals surface area contributed by atoms with Gasteiger partial charge in [0, 0.05) is 0 Å². The molecule has 24 heavy (non-hydrogen) atoms. The highest BCUT2D eigenvalue weighted by atomic mass is 14.1. The summed E-state index contributed by atoms with van der Waals surface area (Å²) in [7, 11) is 0. The van der Waals surface area contributed by atoms with E-state index in [1.54, 1.807) is 0 Å². The molecule has 1 aliphatic carbocycles. The van der Waals surface area contributed by atoms with Gasteiger partial charge < -0.3 is 0 Å². The molecule has 0 saturated heterocycles. The SMILES string of the molecule is C1=CC=CC=1B(c1cc[c-]2ccccc12)c1cc[c-]2ccccc12. The van der Waals surface area contributed by atoms with Crippen LogP contribution in [0.3, 0.4) is 0 Å². The lowest BCUT2D eigenvalue weighted by atomic mass is 9.36. The summed E-state index contributed by atoms with van der Waals surface area (Å²) in [6.45, 7) is 0.222. The van der Waals surface area contributed by atoms with E-state index in [4.69, 9.17) is 0 Å². The van der Waals surface area contributed by atoms with Gasteiger partial charge in [-0.2, -0.15) is 23.1 Å². The van der Waals surface area contributed by atoms with Crippen molar-refractivity contribution in [2.24, 2.45) is 0 Å². The first kappa shape index (κ1) is 13.4. The molecule has 1 aliphatic rings. The largest absolute Gasteiger partial charge is 0.160 e. The monoisotopic (exact) mass is 302 g/mol. The fourth-order valence-electron chi connectivity index (χ4n) is 3.88. The van der Waals surface area contributed by atoms with Gasteiger partial charge in [0.25, 0.3) is 0 Å². The number of allylic oxidation sites excluding steroid dienone is 3. The molecule has 0 amide bonds. The van der Waals surface area contributed by atoms with Crippen molar-refractivity contribution in [1.29, 1.82) is 0 Å². The maximum Gasteiger partial charge on any atom is 0.152 e. The molecule has 4 aromatic rings. The zero-order valence-corrected chi connectivity index (χ0v) is 13.2. The van der Waals surface area contributed by atoms with Crippen molar-refractivity contribution >= 4 is 39.2 Å². The molecule has 4 aromatic carbocycles. The van der Waals surface area contributed by atoms with Gasteiger partial charge in [0.2, 0.25) is 0 Å². The van der Waals surface area contributed by atoms with Gasteiger partial charge in [-0.05, 0) is 11.5 Å². The molecule has 5 rings (SSSR count). The van der Waals surface area contributed by atoms with Crippen molar-refractivity contribution in [3.05, 3.63) is 102 Å². The molecule has 0 unspecified atom stereocenters. The third-order valence-corrected chi connectivity index (χ3v) is 4.98. The number of rotatable bonds is 3. The van der Waals surface area contributed by atoms with Crippen molar-refractivity contribution in [2.45, 2.75) is 0 Å². The number of hydrogen-bond donors (Lipinski definition) is 0. The Hall–Kier alpha value is -3.02. The Kier molecular flexibility index (Phi) is 2.95. The van der Waals surface area contributed by atoms with Crippen LogP contribution in [0.1, 0.15) is 0 Å². The lowest BCUT2D eigenvalue weighted by molar-refractivity contribution is 1.84. The van der Waals surface area contributed by atoms with E-state index in [1.165, 1.54) is 37.9 Å². The van der Waals surface area contributed by atoms with E-state index in [0.717, 1.165) is 0 Å². The molecule has 0 bridgehead atoms. The Labute approximate surface area is 141 Å². The van der Waals surface area contributed by atoms with Gasteiger partial charge in [-0.15, -0.1) is 77.2 Å². The van der Waals surface area contributed by atoms with Crippen LogP contribution in [-0.2, 0) is 0 Å². The van der Waals surface area contributed by atoms with Crippen LogP contribution >= 0.6 is 0 Å². The van der Waals surface area contributed by atoms with Crippen molar-refractivity contribution < 1.29 is 0 Å². The van der Waals surface area contributed by atoms with Crippen LogP contribution in [0.25, 0.3) is 21.5 Å². The van der Waals surface area contributed by atoms with E-state index in [1.807, 2.05) is 6.08 Å². The minimum atomic E-state index is 0.222. The van der Waals surface area contributed by atoms with Crippen LogP contribution in [0, 0.1) is 0 Å². The topological polar surface area (TPSA) is 0 Å². The quantitative estimate of drug-likeness (QED) is 0.302. The van der Waals surface area contributed by atoms with Crippen molar-refractivity contribution in [3.8, 4) is 0 Å². The second-order valence-electron chi connectivity index (χ2n) is 6.31. The van der Waals surface area contributed by atoms with E-state index in [0.29, 0.717) is 0 Å². The molecule has 0 fully saturated rings. The maximum absolute atomic E-state index is 3.44. The number of fused-ring (bicyclic) bond motifs is 2. The molecular formula is C23H15B-2. The van der Waals surface area contributed by atoms with E-state index >= 15 is 0 Å². The molecule has 0 nitrogen and oxygen atoms in total. The fraction of sp³-hybridized carbons (Fsp3) is 0. The van der Waals surface area contributed by atoms with Gasteiger partial charge in [0.1, 0.15) is 0 Å². The Bertz CT molecular complexity index is 1070. The summed E-state index contributed by atoms with van der Waals surface area (Å²) in [6.07, 6.45) is 6.28. The molecule has 0 saturated carbocycles. The Balaban J connectivity index is 1.80. The minimum absolute atomic E-state index is 0.222. The summed E-state index contributed by atoms with van der Waals surface area (Å²) in [5, 5.41) is 5.28. The fourth-order valence-corrected chi connectivity index (χ4v) is 3.88. The highest BCUT2D eigenvalue weighted by Gasteiger charge is 2.19. The maximum atomic E-state index is 3.44. The molecule has 0 aliphatic heterocycles. The molecule has 1 heteroatoms.